The van der Waals surface area contributed by atoms with E-state index in [2.05, 4.69) is 15.0 Å². The number of nitrogens with one attached hydrogen (secondary N) is 1. The van der Waals surface area contributed by atoms with Crippen molar-refractivity contribution in [1.29, 1.82) is 0 Å². The molecular formula is C15H17N3O2. The zero-order valence-electron chi connectivity index (χ0n) is 11.7. The van der Waals surface area contributed by atoms with Crippen molar-refractivity contribution in [1.82, 2.24) is 4.98 Å². The molecule has 0 saturated heterocycles. The van der Waals surface area contributed by atoms with Crippen LogP contribution in [0.3, 0.4) is 0 Å². The third kappa shape index (κ3) is 2.88. The maximum Gasteiger partial charge on any atom is 0.356 e. The highest BCUT2D eigenvalue weighted by Crippen LogP contribution is 2.23. The number of carbonyl (C=O) groups excluding carboxylic acids is 1. The fourth-order valence-corrected chi connectivity index (χ4v) is 1.74. The van der Waals surface area contributed by atoms with Crippen LogP contribution in [0, 0.1) is 13.8 Å². The van der Waals surface area contributed by atoms with Crippen molar-refractivity contribution in [3.63, 3.8) is 0 Å². The van der Waals surface area contributed by atoms with E-state index in [-0.39, 0.29) is 5.69 Å². The van der Waals surface area contributed by atoms with E-state index in [0.29, 0.717) is 11.5 Å². The van der Waals surface area contributed by atoms with Crippen LogP contribution in [0.5, 0.6) is 0 Å². The largest absolute Gasteiger partial charge is 0.464 e. The molecule has 0 aliphatic heterocycles. The molecule has 5 heteroatoms. The van der Waals surface area contributed by atoms with Crippen molar-refractivity contribution in [3.05, 3.63) is 47.2 Å². The average molecular weight is 271 g/mol. The van der Waals surface area contributed by atoms with Gasteiger partial charge >= 0.3 is 5.97 Å². The molecule has 0 saturated carbocycles. The number of anilines is 3. The number of aryl methyl sites for hydroxylation is 2. The highest BCUT2D eigenvalue weighted by Gasteiger charge is 2.10. The van der Waals surface area contributed by atoms with Crippen LogP contribution in [0.4, 0.5) is 17.2 Å². The van der Waals surface area contributed by atoms with E-state index in [9.17, 15) is 4.79 Å². The molecule has 0 radical (unpaired) electrons. The summed E-state index contributed by atoms with van der Waals surface area (Å²) in [5.41, 5.74) is 9.80. The molecule has 0 atom stereocenters. The van der Waals surface area contributed by atoms with Crippen LogP contribution in [-0.2, 0) is 4.74 Å². The molecule has 0 unspecified atom stereocenters. The minimum Gasteiger partial charge on any atom is -0.464 e. The molecule has 0 bridgehead atoms. The standard InChI is InChI=1S/C15H17N3O2/c1-9-4-5-11(8-10(9)2)17-14-12(16)6-7-13(18-14)15(19)20-3/h4-8H,16H2,1-3H3,(H,17,18). The van der Waals surface area contributed by atoms with Crippen LogP contribution < -0.4 is 11.1 Å². The fraction of sp³-hybridized carbons (Fsp3) is 0.200. The van der Waals surface area contributed by atoms with E-state index in [1.165, 1.54) is 18.7 Å². The lowest BCUT2D eigenvalue weighted by molar-refractivity contribution is 0.0594. The maximum absolute atomic E-state index is 11.5. The van der Waals surface area contributed by atoms with Crippen LogP contribution in [-0.4, -0.2) is 18.1 Å². The Morgan fingerprint density at radius 3 is 2.60 bits per heavy atom. The first-order valence-electron chi connectivity index (χ1n) is 6.20. The van der Waals surface area contributed by atoms with Crippen LogP contribution in [0.15, 0.2) is 30.3 Å². The predicted molar refractivity (Wildman–Crippen MR) is 79.2 cm³/mol. The molecule has 1 heterocycles. The molecule has 20 heavy (non-hydrogen) atoms. The SMILES string of the molecule is COC(=O)c1ccc(N)c(Nc2ccc(C)c(C)c2)n1. The second kappa shape index (κ2) is 5.61. The Hall–Kier alpha value is -2.56. The van der Waals surface area contributed by atoms with E-state index >= 15 is 0 Å². The minimum absolute atomic E-state index is 0.216. The molecule has 1 aromatic heterocycles. The van der Waals surface area contributed by atoms with E-state index in [1.807, 2.05) is 32.0 Å². The van der Waals surface area contributed by atoms with Crippen molar-refractivity contribution < 1.29 is 9.53 Å². The Morgan fingerprint density at radius 2 is 1.95 bits per heavy atom. The monoisotopic (exact) mass is 271 g/mol. The molecule has 1 aromatic carbocycles. The number of nitrogen functional groups attached to an aromatic ring is 1. The summed E-state index contributed by atoms with van der Waals surface area (Å²) in [5.74, 6) is -0.0516. The second-order valence-electron chi connectivity index (χ2n) is 4.55. The van der Waals surface area contributed by atoms with Crippen molar-refractivity contribution in [3.8, 4) is 0 Å². The number of benzene rings is 1. The highest BCUT2D eigenvalue weighted by molar-refractivity contribution is 5.88. The molecule has 5 nitrogen and oxygen atoms in total. The van der Waals surface area contributed by atoms with Gasteiger partial charge in [0.05, 0.1) is 12.8 Å². The second-order valence-corrected chi connectivity index (χ2v) is 4.55. The van der Waals surface area contributed by atoms with Gasteiger partial charge in [0.15, 0.2) is 11.5 Å². The van der Waals surface area contributed by atoms with Crippen LogP contribution in [0.1, 0.15) is 21.6 Å². The van der Waals surface area contributed by atoms with Crippen LogP contribution in [0.2, 0.25) is 0 Å². The van der Waals surface area contributed by atoms with Crippen molar-refractivity contribution in [2.75, 3.05) is 18.2 Å². The lowest BCUT2D eigenvalue weighted by Crippen LogP contribution is -2.08. The molecule has 0 aliphatic carbocycles. The minimum atomic E-state index is -0.492. The van der Waals surface area contributed by atoms with Crippen LogP contribution >= 0.6 is 0 Å². The van der Waals surface area contributed by atoms with Crippen molar-refractivity contribution >= 4 is 23.2 Å². The Morgan fingerprint density at radius 1 is 1.20 bits per heavy atom. The summed E-state index contributed by atoms with van der Waals surface area (Å²) >= 11 is 0. The third-order valence-corrected chi connectivity index (χ3v) is 3.09. The Bertz CT molecular complexity index is 654. The molecule has 0 aliphatic rings. The number of aromatic nitrogens is 1. The van der Waals surface area contributed by atoms with Gasteiger partial charge in [-0.3, -0.25) is 0 Å². The summed E-state index contributed by atoms with van der Waals surface area (Å²) < 4.78 is 4.65. The Labute approximate surface area is 117 Å². The van der Waals surface area contributed by atoms with Crippen LogP contribution in [0.25, 0.3) is 0 Å². The summed E-state index contributed by atoms with van der Waals surface area (Å²) in [6.07, 6.45) is 0. The number of hydrogen-bond donors (Lipinski definition) is 2. The number of esters is 1. The zero-order chi connectivity index (χ0) is 14.7. The smallest absolute Gasteiger partial charge is 0.356 e. The normalized spacial score (nSPS) is 10.2. The van der Waals surface area contributed by atoms with Gasteiger partial charge in [0, 0.05) is 5.69 Å². The number of carbonyl (C=O) groups is 1. The summed E-state index contributed by atoms with van der Waals surface area (Å²) in [6.45, 7) is 4.08. The van der Waals surface area contributed by atoms with Gasteiger partial charge in [0.1, 0.15) is 0 Å². The molecule has 104 valence electrons. The third-order valence-electron chi connectivity index (χ3n) is 3.09. The quantitative estimate of drug-likeness (QED) is 0.839. The Kier molecular flexibility index (Phi) is 3.89. The fourth-order valence-electron chi connectivity index (χ4n) is 1.74. The molecular weight excluding hydrogens is 254 g/mol. The molecule has 3 N–H and O–H groups in total. The van der Waals surface area contributed by atoms with Gasteiger partial charge in [-0.2, -0.15) is 0 Å². The summed E-state index contributed by atoms with van der Waals surface area (Å²) in [5, 5.41) is 3.12. The summed E-state index contributed by atoms with van der Waals surface area (Å²) in [7, 11) is 1.32. The summed E-state index contributed by atoms with van der Waals surface area (Å²) in [4.78, 5) is 15.7. The number of methoxy groups -OCH3 is 1. The first-order chi connectivity index (χ1) is 9.51. The van der Waals surface area contributed by atoms with Crippen molar-refractivity contribution in [2.45, 2.75) is 13.8 Å². The molecule has 0 fully saturated rings. The highest BCUT2D eigenvalue weighted by atomic mass is 16.5. The van der Waals surface area contributed by atoms with Gasteiger partial charge in [-0.25, -0.2) is 9.78 Å². The molecule has 0 amide bonds. The molecule has 2 rings (SSSR count). The first kappa shape index (κ1) is 13.9. The van der Waals surface area contributed by atoms with Gasteiger partial charge < -0.3 is 15.8 Å². The number of ether oxygens (including phenoxy) is 1. The van der Waals surface area contributed by atoms with Gasteiger partial charge in [-0.1, -0.05) is 6.07 Å². The summed E-state index contributed by atoms with van der Waals surface area (Å²) in [6, 6.07) is 9.11. The van der Waals surface area contributed by atoms with E-state index < -0.39 is 5.97 Å². The van der Waals surface area contributed by atoms with Gasteiger partial charge in [-0.05, 0) is 49.2 Å². The van der Waals surface area contributed by atoms with E-state index in [0.717, 1.165) is 11.3 Å². The first-order valence-corrected chi connectivity index (χ1v) is 6.20. The molecule has 2 aromatic rings. The number of rotatable bonds is 3. The topological polar surface area (TPSA) is 77.2 Å². The number of nitrogens with two attached hydrogens (primary N) is 1. The van der Waals surface area contributed by atoms with E-state index in [4.69, 9.17) is 5.73 Å². The predicted octanol–water partition coefficient (Wildman–Crippen LogP) is 2.81. The van der Waals surface area contributed by atoms with Crippen molar-refractivity contribution in [2.24, 2.45) is 0 Å². The van der Waals surface area contributed by atoms with E-state index in [1.54, 1.807) is 6.07 Å². The lowest BCUT2D eigenvalue weighted by atomic mass is 10.1. The maximum atomic E-state index is 11.5. The number of hydrogen-bond acceptors (Lipinski definition) is 5. The number of pyridine rings is 1. The van der Waals surface area contributed by atoms with Gasteiger partial charge in [0.25, 0.3) is 0 Å². The Balaban J connectivity index is 2.32. The van der Waals surface area contributed by atoms with Gasteiger partial charge in [0.2, 0.25) is 0 Å². The van der Waals surface area contributed by atoms with Gasteiger partial charge in [-0.15, -0.1) is 0 Å². The zero-order valence-corrected chi connectivity index (χ0v) is 11.7. The lowest BCUT2D eigenvalue weighted by Gasteiger charge is -2.11. The average Bonchev–Trinajstić information content (AvgIpc) is 2.44. The molecule has 0 spiro atoms. The number of nitrogens with zero attached hydrogens (tertiary/aromatic N) is 1.